The van der Waals surface area contributed by atoms with E-state index < -0.39 is 6.10 Å². The normalized spacial score (nSPS) is 17.2. The number of nitrogens with zero attached hydrogens (tertiary/aromatic N) is 2. The number of nitriles is 1. The summed E-state index contributed by atoms with van der Waals surface area (Å²) in [6.07, 6.45) is -0.582. The molecule has 1 heterocycles. The Labute approximate surface area is 144 Å². The van der Waals surface area contributed by atoms with Crippen molar-refractivity contribution in [1.29, 1.82) is 5.26 Å². The van der Waals surface area contributed by atoms with Gasteiger partial charge < -0.3 is 19.9 Å². The Morgan fingerprint density at radius 2 is 2.00 bits per heavy atom. The largest absolute Gasteiger partial charge is 0.491 e. The third-order valence-corrected chi connectivity index (χ3v) is 4.23. The van der Waals surface area contributed by atoms with Gasteiger partial charge in [-0.05, 0) is 38.1 Å². The number of aliphatic hydroxyl groups excluding tert-OH is 1. The van der Waals surface area contributed by atoms with Crippen molar-refractivity contribution in [2.45, 2.75) is 25.5 Å². The summed E-state index contributed by atoms with van der Waals surface area (Å²) in [5, 5.41) is 22.1. The zero-order valence-corrected chi connectivity index (χ0v) is 14.5. The number of nitrogens with one attached hydrogen (secondary N) is 1. The van der Waals surface area contributed by atoms with Crippen molar-refractivity contribution in [3.63, 3.8) is 0 Å². The fourth-order valence-electron chi connectivity index (χ4n) is 2.70. The summed E-state index contributed by atoms with van der Waals surface area (Å²) in [7, 11) is 0. The van der Waals surface area contributed by atoms with E-state index in [9.17, 15) is 5.11 Å². The van der Waals surface area contributed by atoms with Crippen molar-refractivity contribution in [2.24, 2.45) is 0 Å². The second kappa shape index (κ2) is 9.00. The molecule has 0 saturated carbocycles. The zero-order chi connectivity index (χ0) is 17.4. The average Bonchev–Trinajstić information content (AvgIpc) is 2.61. The van der Waals surface area contributed by atoms with Gasteiger partial charge in [-0.25, -0.2) is 0 Å². The third kappa shape index (κ3) is 5.77. The van der Waals surface area contributed by atoms with Crippen LogP contribution in [-0.4, -0.2) is 67.6 Å². The minimum Gasteiger partial charge on any atom is -0.491 e. The van der Waals surface area contributed by atoms with Gasteiger partial charge in [-0.3, -0.25) is 4.90 Å². The van der Waals surface area contributed by atoms with E-state index in [2.05, 4.69) is 30.1 Å². The monoisotopic (exact) mass is 333 g/mol. The molecule has 0 aromatic heterocycles. The molecule has 0 radical (unpaired) electrons. The lowest BCUT2D eigenvalue weighted by Crippen LogP contribution is -2.55. The summed E-state index contributed by atoms with van der Waals surface area (Å²) in [6, 6.07) is 8.93. The zero-order valence-electron chi connectivity index (χ0n) is 14.5. The maximum absolute atomic E-state index is 10.0. The highest BCUT2D eigenvalue weighted by atomic mass is 16.5. The molecule has 6 heteroatoms. The predicted octanol–water partition coefficient (Wildman–Crippen LogP) is 0.998. The molecule has 1 aromatic rings. The summed E-state index contributed by atoms with van der Waals surface area (Å²) in [4.78, 5) is 2.41. The van der Waals surface area contributed by atoms with Gasteiger partial charge in [0.2, 0.25) is 0 Å². The smallest absolute Gasteiger partial charge is 0.119 e. The van der Waals surface area contributed by atoms with Crippen LogP contribution < -0.4 is 10.1 Å². The Morgan fingerprint density at radius 3 is 2.62 bits per heavy atom. The van der Waals surface area contributed by atoms with Crippen LogP contribution in [0.1, 0.15) is 19.4 Å². The number of aliphatic hydroxyl groups is 1. The standard InChI is InChI=1S/C18H27N3O3/c1-18(2,21-7-9-23-10-8-21)14-20-12-16(22)13-24-17-5-3-15(11-19)4-6-17/h3-6,16,20,22H,7-10,12-14H2,1-2H3/t16-/m1/s1. The summed E-state index contributed by atoms with van der Waals surface area (Å²) < 4.78 is 10.9. The quantitative estimate of drug-likeness (QED) is 0.739. The Balaban J connectivity index is 1.66. The second-order valence-electron chi connectivity index (χ2n) is 6.64. The van der Waals surface area contributed by atoms with Gasteiger partial charge in [0.25, 0.3) is 0 Å². The van der Waals surface area contributed by atoms with Crippen LogP contribution >= 0.6 is 0 Å². The Morgan fingerprint density at radius 1 is 1.33 bits per heavy atom. The van der Waals surface area contributed by atoms with Crippen molar-refractivity contribution in [2.75, 3.05) is 46.0 Å². The highest BCUT2D eigenvalue weighted by Gasteiger charge is 2.27. The molecule has 0 aliphatic carbocycles. The van der Waals surface area contributed by atoms with Crippen LogP contribution in [0.4, 0.5) is 0 Å². The lowest BCUT2D eigenvalue weighted by Gasteiger charge is -2.41. The van der Waals surface area contributed by atoms with Crippen molar-refractivity contribution in [3.8, 4) is 11.8 Å². The van der Waals surface area contributed by atoms with Crippen molar-refractivity contribution < 1.29 is 14.6 Å². The number of rotatable bonds is 8. The van der Waals surface area contributed by atoms with Gasteiger partial charge in [-0.2, -0.15) is 5.26 Å². The first kappa shape index (κ1) is 18.7. The lowest BCUT2D eigenvalue weighted by atomic mass is 10.0. The van der Waals surface area contributed by atoms with E-state index in [-0.39, 0.29) is 12.1 Å². The van der Waals surface area contributed by atoms with Crippen LogP contribution in [0.25, 0.3) is 0 Å². The number of hydrogen-bond donors (Lipinski definition) is 2. The molecule has 24 heavy (non-hydrogen) atoms. The molecular formula is C18H27N3O3. The van der Waals surface area contributed by atoms with Crippen LogP contribution in [0, 0.1) is 11.3 Å². The van der Waals surface area contributed by atoms with Crippen molar-refractivity contribution in [1.82, 2.24) is 10.2 Å². The fraction of sp³-hybridized carbons (Fsp3) is 0.611. The first-order valence-electron chi connectivity index (χ1n) is 8.36. The molecule has 1 aromatic carbocycles. The van der Waals surface area contributed by atoms with Crippen LogP contribution in [0.3, 0.4) is 0 Å². The molecule has 2 N–H and O–H groups in total. The van der Waals surface area contributed by atoms with Gasteiger partial charge in [0, 0.05) is 31.7 Å². The van der Waals surface area contributed by atoms with E-state index in [1.807, 2.05) is 0 Å². The molecule has 1 aliphatic rings. The first-order valence-corrected chi connectivity index (χ1v) is 8.36. The number of benzene rings is 1. The maximum Gasteiger partial charge on any atom is 0.119 e. The highest BCUT2D eigenvalue weighted by molar-refractivity contribution is 5.34. The molecule has 6 nitrogen and oxygen atoms in total. The number of ether oxygens (including phenoxy) is 2. The molecule has 0 unspecified atom stereocenters. The predicted molar refractivity (Wildman–Crippen MR) is 92.0 cm³/mol. The van der Waals surface area contributed by atoms with Gasteiger partial charge in [-0.15, -0.1) is 0 Å². The summed E-state index contributed by atoms with van der Waals surface area (Å²) in [5.41, 5.74) is 0.618. The minimum atomic E-state index is -0.582. The topological polar surface area (TPSA) is 77.8 Å². The van der Waals surface area contributed by atoms with Crippen LogP contribution in [0.5, 0.6) is 5.75 Å². The summed E-state index contributed by atoms with van der Waals surface area (Å²) in [6.45, 7) is 9.34. The third-order valence-electron chi connectivity index (χ3n) is 4.23. The van der Waals surface area contributed by atoms with E-state index in [1.165, 1.54) is 0 Å². The molecular weight excluding hydrogens is 306 g/mol. The van der Waals surface area contributed by atoms with Crippen molar-refractivity contribution >= 4 is 0 Å². The maximum atomic E-state index is 10.0. The van der Waals surface area contributed by atoms with Gasteiger partial charge in [0.05, 0.1) is 24.8 Å². The highest BCUT2D eigenvalue weighted by Crippen LogP contribution is 2.15. The number of morpholine rings is 1. The van der Waals surface area contributed by atoms with Gasteiger partial charge >= 0.3 is 0 Å². The van der Waals surface area contributed by atoms with Crippen LogP contribution in [-0.2, 0) is 4.74 Å². The molecule has 0 amide bonds. The molecule has 0 spiro atoms. The van der Waals surface area contributed by atoms with E-state index in [0.717, 1.165) is 32.8 Å². The van der Waals surface area contributed by atoms with E-state index >= 15 is 0 Å². The summed E-state index contributed by atoms with van der Waals surface area (Å²) in [5.74, 6) is 0.654. The Kier molecular flexibility index (Phi) is 7.00. The second-order valence-corrected chi connectivity index (χ2v) is 6.64. The molecule has 132 valence electrons. The molecule has 2 rings (SSSR count). The van der Waals surface area contributed by atoms with Gasteiger partial charge in [0.15, 0.2) is 0 Å². The molecule has 1 fully saturated rings. The first-order chi connectivity index (χ1) is 11.5. The Hall–Kier alpha value is -1.65. The molecule has 1 atom stereocenters. The van der Waals surface area contributed by atoms with E-state index in [4.69, 9.17) is 14.7 Å². The van der Waals surface area contributed by atoms with Gasteiger partial charge in [-0.1, -0.05) is 0 Å². The minimum absolute atomic E-state index is 0.0253. The fourth-order valence-corrected chi connectivity index (χ4v) is 2.70. The van der Waals surface area contributed by atoms with Crippen LogP contribution in [0.2, 0.25) is 0 Å². The molecule has 1 aliphatic heterocycles. The van der Waals surface area contributed by atoms with E-state index in [0.29, 0.717) is 17.9 Å². The SMILES string of the molecule is CC(C)(CNC[C@@H](O)COc1ccc(C#N)cc1)N1CCOCC1. The molecule has 1 saturated heterocycles. The van der Waals surface area contributed by atoms with Gasteiger partial charge in [0.1, 0.15) is 18.5 Å². The van der Waals surface area contributed by atoms with Crippen LogP contribution in [0.15, 0.2) is 24.3 Å². The number of hydrogen-bond acceptors (Lipinski definition) is 6. The van der Waals surface area contributed by atoms with Crippen molar-refractivity contribution in [3.05, 3.63) is 29.8 Å². The summed E-state index contributed by atoms with van der Waals surface area (Å²) >= 11 is 0. The Bertz CT molecular complexity index is 533. The average molecular weight is 333 g/mol. The van der Waals surface area contributed by atoms with E-state index in [1.54, 1.807) is 24.3 Å². The lowest BCUT2D eigenvalue weighted by molar-refractivity contribution is -0.0107. The molecule has 0 bridgehead atoms.